The third-order valence-corrected chi connectivity index (χ3v) is 5.26. The van der Waals surface area contributed by atoms with Crippen molar-refractivity contribution in [1.29, 1.82) is 0 Å². The van der Waals surface area contributed by atoms with Crippen molar-refractivity contribution >= 4 is 21.5 Å². The SMILES string of the molecule is Cc1ccc(S(=O)(=O)Nc2ccc(-c3cccc(N(C)C)c3)nn2)cc1. The fourth-order valence-electron chi connectivity index (χ4n) is 2.40. The molecule has 1 N–H and O–H groups in total. The average molecular weight is 368 g/mol. The zero-order valence-electron chi connectivity index (χ0n) is 14.8. The van der Waals surface area contributed by atoms with E-state index in [1.165, 1.54) is 0 Å². The molecule has 0 bridgehead atoms. The number of sulfonamides is 1. The van der Waals surface area contributed by atoms with Crippen LogP contribution in [0.4, 0.5) is 11.5 Å². The second kappa shape index (κ2) is 7.13. The van der Waals surface area contributed by atoms with Crippen LogP contribution in [0.15, 0.2) is 65.6 Å². The van der Waals surface area contributed by atoms with E-state index < -0.39 is 10.0 Å². The molecule has 6 nitrogen and oxygen atoms in total. The number of hydrogen-bond acceptors (Lipinski definition) is 5. The number of hydrogen-bond donors (Lipinski definition) is 1. The number of anilines is 2. The maximum atomic E-state index is 12.4. The lowest BCUT2D eigenvalue weighted by atomic mass is 10.1. The van der Waals surface area contributed by atoms with E-state index in [9.17, 15) is 8.42 Å². The van der Waals surface area contributed by atoms with E-state index in [1.54, 1.807) is 36.4 Å². The van der Waals surface area contributed by atoms with Crippen LogP contribution in [-0.4, -0.2) is 32.7 Å². The van der Waals surface area contributed by atoms with Gasteiger partial charge in [0.05, 0.1) is 10.6 Å². The van der Waals surface area contributed by atoms with Crippen LogP contribution in [0.2, 0.25) is 0 Å². The van der Waals surface area contributed by atoms with E-state index in [1.807, 2.05) is 50.2 Å². The van der Waals surface area contributed by atoms with Crippen LogP contribution >= 0.6 is 0 Å². The summed E-state index contributed by atoms with van der Waals surface area (Å²) >= 11 is 0. The highest BCUT2D eigenvalue weighted by Crippen LogP contribution is 2.23. The van der Waals surface area contributed by atoms with Gasteiger partial charge in [0.15, 0.2) is 5.82 Å². The highest BCUT2D eigenvalue weighted by atomic mass is 32.2. The predicted molar refractivity (Wildman–Crippen MR) is 104 cm³/mol. The monoisotopic (exact) mass is 368 g/mol. The zero-order chi connectivity index (χ0) is 18.7. The topological polar surface area (TPSA) is 75.2 Å². The maximum Gasteiger partial charge on any atom is 0.263 e. The van der Waals surface area contributed by atoms with Crippen LogP contribution in [0.1, 0.15) is 5.56 Å². The number of nitrogens with zero attached hydrogens (tertiary/aromatic N) is 3. The maximum absolute atomic E-state index is 12.4. The smallest absolute Gasteiger partial charge is 0.263 e. The lowest BCUT2D eigenvalue weighted by molar-refractivity contribution is 0.601. The lowest BCUT2D eigenvalue weighted by Crippen LogP contribution is -2.14. The minimum atomic E-state index is -3.68. The first-order valence-corrected chi connectivity index (χ1v) is 9.54. The van der Waals surface area contributed by atoms with E-state index in [0.717, 1.165) is 16.8 Å². The van der Waals surface area contributed by atoms with Crippen molar-refractivity contribution in [1.82, 2.24) is 10.2 Å². The van der Waals surface area contributed by atoms with Crippen LogP contribution < -0.4 is 9.62 Å². The number of nitrogens with one attached hydrogen (secondary N) is 1. The van der Waals surface area contributed by atoms with E-state index in [0.29, 0.717) is 5.69 Å². The van der Waals surface area contributed by atoms with Crippen molar-refractivity contribution in [2.45, 2.75) is 11.8 Å². The molecule has 0 aliphatic carbocycles. The number of aromatic nitrogens is 2. The normalized spacial score (nSPS) is 11.2. The third-order valence-electron chi connectivity index (χ3n) is 3.89. The quantitative estimate of drug-likeness (QED) is 0.748. The van der Waals surface area contributed by atoms with Gasteiger partial charge < -0.3 is 4.90 Å². The van der Waals surface area contributed by atoms with Gasteiger partial charge in [-0.25, -0.2) is 8.42 Å². The van der Waals surface area contributed by atoms with Crippen LogP contribution in [-0.2, 0) is 10.0 Å². The molecule has 0 saturated carbocycles. The van der Waals surface area contributed by atoms with Crippen molar-refractivity contribution in [3.8, 4) is 11.3 Å². The first-order valence-electron chi connectivity index (χ1n) is 8.06. The Bertz CT molecular complexity index is 998. The summed E-state index contributed by atoms with van der Waals surface area (Å²) in [6.45, 7) is 1.90. The van der Waals surface area contributed by atoms with Gasteiger partial charge in [-0.3, -0.25) is 4.72 Å². The molecule has 0 radical (unpaired) electrons. The molecule has 3 rings (SSSR count). The lowest BCUT2D eigenvalue weighted by Gasteiger charge is -2.13. The molecule has 1 aromatic heterocycles. The summed E-state index contributed by atoms with van der Waals surface area (Å²) in [5.74, 6) is 0.179. The predicted octanol–water partition coefficient (Wildman–Crippen LogP) is 3.32. The van der Waals surface area contributed by atoms with Crippen LogP contribution in [0.25, 0.3) is 11.3 Å². The number of rotatable bonds is 5. The fraction of sp³-hybridized carbons (Fsp3) is 0.158. The van der Waals surface area contributed by atoms with Crippen LogP contribution in [0.3, 0.4) is 0 Å². The fourth-order valence-corrected chi connectivity index (χ4v) is 3.39. The molecule has 2 aromatic carbocycles. The van der Waals surface area contributed by atoms with Gasteiger partial charge in [-0.2, -0.15) is 0 Å². The highest BCUT2D eigenvalue weighted by molar-refractivity contribution is 7.92. The van der Waals surface area contributed by atoms with E-state index >= 15 is 0 Å². The molecule has 0 amide bonds. The summed E-state index contributed by atoms with van der Waals surface area (Å²) in [5, 5.41) is 8.15. The van der Waals surface area contributed by atoms with Crippen LogP contribution in [0.5, 0.6) is 0 Å². The van der Waals surface area contributed by atoms with E-state index in [-0.39, 0.29) is 10.7 Å². The molecule has 0 saturated heterocycles. The van der Waals surface area contributed by atoms with Gasteiger partial charge in [-0.05, 0) is 43.3 Å². The average Bonchev–Trinajstić information content (AvgIpc) is 2.62. The summed E-state index contributed by atoms with van der Waals surface area (Å²) in [5.41, 5.74) is 3.63. The minimum Gasteiger partial charge on any atom is -0.378 e. The molecule has 1 heterocycles. The van der Waals surface area contributed by atoms with Gasteiger partial charge in [0.1, 0.15) is 0 Å². The molecule has 0 aliphatic rings. The largest absolute Gasteiger partial charge is 0.378 e. The van der Waals surface area contributed by atoms with Gasteiger partial charge in [0.25, 0.3) is 10.0 Å². The van der Waals surface area contributed by atoms with Crippen LogP contribution in [0, 0.1) is 6.92 Å². The zero-order valence-corrected chi connectivity index (χ0v) is 15.7. The third kappa shape index (κ3) is 4.00. The molecule has 0 fully saturated rings. The molecule has 7 heteroatoms. The van der Waals surface area contributed by atoms with Crippen molar-refractivity contribution in [2.75, 3.05) is 23.7 Å². The first-order chi connectivity index (χ1) is 12.3. The molecule has 26 heavy (non-hydrogen) atoms. The number of benzene rings is 2. The summed E-state index contributed by atoms with van der Waals surface area (Å²) in [7, 11) is 0.247. The molecular formula is C19H20N4O2S. The van der Waals surface area contributed by atoms with Crippen molar-refractivity contribution in [3.05, 3.63) is 66.2 Å². The van der Waals surface area contributed by atoms with Gasteiger partial charge >= 0.3 is 0 Å². The van der Waals surface area contributed by atoms with Gasteiger partial charge in [0.2, 0.25) is 0 Å². The molecule has 134 valence electrons. The molecule has 0 unspecified atom stereocenters. The van der Waals surface area contributed by atoms with Gasteiger partial charge in [0, 0.05) is 25.3 Å². The van der Waals surface area contributed by atoms with Crippen molar-refractivity contribution in [2.24, 2.45) is 0 Å². The summed E-state index contributed by atoms with van der Waals surface area (Å²) in [6.07, 6.45) is 0. The molecule has 0 atom stereocenters. The Labute approximate surface area is 153 Å². The Morgan fingerprint density at radius 3 is 2.27 bits per heavy atom. The van der Waals surface area contributed by atoms with Crippen molar-refractivity contribution in [3.63, 3.8) is 0 Å². The standard InChI is InChI=1S/C19H20N4O2S/c1-14-7-9-17(10-8-14)26(24,25)22-19-12-11-18(20-21-19)15-5-4-6-16(13-15)23(2)3/h4-13H,1-3H3,(H,21,22). The molecule has 3 aromatic rings. The summed E-state index contributed by atoms with van der Waals surface area (Å²) < 4.78 is 27.3. The van der Waals surface area contributed by atoms with E-state index in [2.05, 4.69) is 14.9 Å². The Morgan fingerprint density at radius 1 is 0.923 bits per heavy atom. The first kappa shape index (κ1) is 17.9. The Kier molecular flexibility index (Phi) is 4.90. The van der Waals surface area contributed by atoms with Gasteiger partial charge in [-0.15, -0.1) is 10.2 Å². The second-order valence-corrected chi connectivity index (χ2v) is 7.85. The highest BCUT2D eigenvalue weighted by Gasteiger charge is 2.15. The number of aryl methyl sites for hydroxylation is 1. The minimum absolute atomic E-state index is 0.179. The van der Waals surface area contributed by atoms with E-state index in [4.69, 9.17) is 0 Å². The van der Waals surface area contributed by atoms with Gasteiger partial charge in [-0.1, -0.05) is 29.8 Å². The molecule has 0 aliphatic heterocycles. The van der Waals surface area contributed by atoms with Crippen molar-refractivity contribution < 1.29 is 8.42 Å². The molecule has 0 spiro atoms. The second-order valence-electron chi connectivity index (χ2n) is 6.17. The summed E-state index contributed by atoms with van der Waals surface area (Å²) in [4.78, 5) is 2.19. The Morgan fingerprint density at radius 2 is 1.65 bits per heavy atom. The molecular weight excluding hydrogens is 348 g/mol. The summed E-state index contributed by atoms with van der Waals surface area (Å²) in [6, 6.07) is 17.9. The Balaban J connectivity index is 1.81. The Hall–Kier alpha value is -2.93.